The lowest BCUT2D eigenvalue weighted by Gasteiger charge is -2.07. The van der Waals surface area contributed by atoms with E-state index in [1.54, 1.807) is 12.1 Å². The van der Waals surface area contributed by atoms with Crippen molar-refractivity contribution in [2.45, 2.75) is 6.18 Å². The molecule has 0 amide bonds. The van der Waals surface area contributed by atoms with Crippen LogP contribution in [0.15, 0.2) is 66.7 Å². The zero-order valence-electron chi connectivity index (χ0n) is 12.9. The summed E-state index contributed by atoms with van der Waals surface area (Å²) in [6, 6.07) is 20.0. The van der Waals surface area contributed by atoms with Gasteiger partial charge in [-0.3, -0.25) is 5.10 Å². The molecular formula is C19H12F3N3. The first-order valence-electron chi connectivity index (χ1n) is 7.60. The third-order valence-corrected chi connectivity index (χ3v) is 3.96. The summed E-state index contributed by atoms with van der Waals surface area (Å²) in [6.45, 7) is 0. The molecule has 124 valence electrons. The van der Waals surface area contributed by atoms with Gasteiger partial charge in [0.05, 0.1) is 11.4 Å². The zero-order chi connectivity index (χ0) is 17.4. The van der Waals surface area contributed by atoms with E-state index in [0.717, 1.165) is 22.4 Å². The van der Waals surface area contributed by atoms with Crippen LogP contribution in [0.3, 0.4) is 0 Å². The summed E-state index contributed by atoms with van der Waals surface area (Å²) in [5, 5.41) is 7.87. The van der Waals surface area contributed by atoms with Gasteiger partial charge in [0, 0.05) is 5.56 Å². The first-order chi connectivity index (χ1) is 12.0. The number of hydrogen-bond acceptors (Lipinski definition) is 2. The number of benzene rings is 2. The van der Waals surface area contributed by atoms with E-state index in [4.69, 9.17) is 0 Å². The van der Waals surface area contributed by atoms with Crippen molar-refractivity contribution in [2.24, 2.45) is 0 Å². The van der Waals surface area contributed by atoms with Crippen LogP contribution >= 0.6 is 0 Å². The van der Waals surface area contributed by atoms with Crippen molar-refractivity contribution in [1.82, 2.24) is 15.2 Å². The third-order valence-electron chi connectivity index (χ3n) is 3.96. The first-order valence-corrected chi connectivity index (χ1v) is 7.60. The number of nitrogens with zero attached hydrogens (tertiary/aromatic N) is 2. The number of nitrogens with one attached hydrogen (secondary N) is 1. The number of H-pyrrole nitrogens is 1. The van der Waals surface area contributed by atoms with Gasteiger partial charge in [-0.2, -0.15) is 18.3 Å². The Morgan fingerprint density at radius 2 is 1.48 bits per heavy atom. The molecule has 2 heterocycles. The van der Waals surface area contributed by atoms with E-state index < -0.39 is 11.9 Å². The quantitative estimate of drug-likeness (QED) is 0.538. The lowest BCUT2D eigenvalue weighted by molar-refractivity contribution is -0.141. The molecule has 6 heteroatoms. The fourth-order valence-electron chi connectivity index (χ4n) is 2.77. The maximum Gasteiger partial charge on any atom is 0.432 e. The largest absolute Gasteiger partial charge is 0.432 e. The van der Waals surface area contributed by atoms with E-state index in [2.05, 4.69) is 10.1 Å². The van der Waals surface area contributed by atoms with Crippen LogP contribution in [0.4, 0.5) is 13.2 Å². The van der Waals surface area contributed by atoms with Crippen molar-refractivity contribution in [2.75, 3.05) is 0 Å². The molecule has 2 aromatic carbocycles. The summed E-state index contributed by atoms with van der Waals surface area (Å²) in [4.78, 5) is 4.51. The highest BCUT2D eigenvalue weighted by Crippen LogP contribution is 2.31. The van der Waals surface area contributed by atoms with Gasteiger partial charge in [-0.05, 0) is 29.0 Å². The van der Waals surface area contributed by atoms with E-state index in [9.17, 15) is 13.2 Å². The maximum absolute atomic E-state index is 12.7. The van der Waals surface area contributed by atoms with Crippen molar-refractivity contribution >= 4 is 10.8 Å². The average molecular weight is 339 g/mol. The molecule has 0 saturated carbocycles. The van der Waals surface area contributed by atoms with Gasteiger partial charge in [0.25, 0.3) is 0 Å². The van der Waals surface area contributed by atoms with Crippen molar-refractivity contribution in [1.29, 1.82) is 0 Å². The fraction of sp³-hybridized carbons (Fsp3) is 0.0526. The monoisotopic (exact) mass is 339 g/mol. The highest BCUT2D eigenvalue weighted by Gasteiger charge is 2.33. The molecule has 0 spiro atoms. The Hall–Kier alpha value is -3.15. The Balaban J connectivity index is 1.81. The van der Waals surface area contributed by atoms with Crippen LogP contribution in [-0.4, -0.2) is 15.2 Å². The van der Waals surface area contributed by atoms with Crippen LogP contribution in [-0.2, 0) is 6.18 Å². The number of alkyl halides is 3. The molecule has 1 N–H and O–H groups in total. The second kappa shape index (κ2) is 5.73. The van der Waals surface area contributed by atoms with E-state index in [-0.39, 0.29) is 5.69 Å². The number of hydrogen-bond donors (Lipinski definition) is 1. The smallest absolute Gasteiger partial charge is 0.273 e. The topological polar surface area (TPSA) is 41.6 Å². The predicted molar refractivity (Wildman–Crippen MR) is 89.8 cm³/mol. The highest BCUT2D eigenvalue weighted by atomic mass is 19.4. The summed E-state index contributed by atoms with van der Waals surface area (Å²) < 4.78 is 38.2. The molecule has 0 bridgehead atoms. The van der Waals surface area contributed by atoms with Crippen LogP contribution in [0.5, 0.6) is 0 Å². The van der Waals surface area contributed by atoms with Crippen molar-refractivity contribution < 1.29 is 13.2 Å². The number of aromatic nitrogens is 3. The van der Waals surface area contributed by atoms with Gasteiger partial charge < -0.3 is 0 Å². The molecule has 4 aromatic rings. The van der Waals surface area contributed by atoms with Gasteiger partial charge in [0.2, 0.25) is 0 Å². The molecular weight excluding hydrogens is 327 g/mol. The minimum Gasteiger partial charge on any atom is -0.273 e. The van der Waals surface area contributed by atoms with Gasteiger partial charge in [0.1, 0.15) is 11.4 Å². The van der Waals surface area contributed by atoms with E-state index in [1.807, 2.05) is 53.6 Å². The number of aromatic amines is 1. The molecule has 0 atom stereocenters. The lowest BCUT2D eigenvalue weighted by atomic mass is 10.0. The number of pyridine rings is 1. The van der Waals surface area contributed by atoms with Gasteiger partial charge in [0.15, 0.2) is 0 Å². The Kier molecular flexibility index (Phi) is 3.53. The second-order valence-corrected chi connectivity index (χ2v) is 5.60. The van der Waals surface area contributed by atoms with Crippen LogP contribution in [0, 0.1) is 0 Å². The molecule has 3 nitrogen and oxygen atoms in total. The van der Waals surface area contributed by atoms with Crippen LogP contribution < -0.4 is 0 Å². The standard InChI is InChI=1S/C19H12F3N3/c20-19(21,22)18-11-17(24-25-18)16-10-4-9-15(23-16)14-8-3-6-12-5-1-2-7-13(12)14/h1-11H,(H,24,25). The fourth-order valence-corrected chi connectivity index (χ4v) is 2.77. The van der Waals surface area contributed by atoms with Crippen molar-refractivity contribution in [3.8, 4) is 22.6 Å². The van der Waals surface area contributed by atoms with Crippen LogP contribution in [0.2, 0.25) is 0 Å². The molecule has 0 aliphatic carbocycles. The number of rotatable bonds is 2. The Morgan fingerprint density at radius 1 is 0.760 bits per heavy atom. The molecule has 25 heavy (non-hydrogen) atoms. The predicted octanol–water partition coefficient (Wildman–Crippen LogP) is 5.31. The van der Waals surface area contributed by atoms with Crippen molar-refractivity contribution in [3.05, 3.63) is 72.4 Å². The zero-order valence-corrected chi connectivity index (χ0v) is 12.9. The van der Waals surface area contributed by atoms with E-state index >= 15 is 0 Å². The Bertz CT molecular complexity index is 1050. The normalized spacial score (nSPS) is 11.8. The van der Waals surface area contributed by atoms with E-state index in [0.29, 0.717) is 11.4 Å². The summed E-state index contributed by atoms with van der Waals surface area (Å²) in [7, 11) is 0. The average Bonchev–Trinajstić information content (AvgIpc) is 3.12. The summed E-state index contributed by atoms with van der Waals surface area (Å²) in [5.41, 5.74) is 1.27. The summed E-state index contributed by atoms with van der Waals surface area (Å²) in [6.07, 6.45) is -4.46. The number of fused-ring (bicyclic) bond motifs is 1. The van der Waals surface area contributed by atoms with Gasteiger partial charge in [-0.1, -0.05) is 48.5 Å². The molecule has 4 rings (SSSR count). The maximum atomic E-state index is 12.7. The minimum atomic E-state index is -4.46. The highest BCUT2D eigenvalue weighted by molar-refractivity contribution is 5.95. The van der Waals surface area contributed by atoms with Crippen LogP contribution in [0.1, 0.15) is 5.69 Å². The molecule has 0 unspecified atom stereocenters. The molecule has 2 aromatic heterocycles. The summed E-state index contributed by atoms with van der Waals surface area (Å²) in [5.74, 6) is 0. The van der Waals surface area contributed by atoms with Gasteiger partial charge in [-0.25, -0.2) is 4.98 Å². The molecule has 0 aliphatic heterocycles. The SMILES string of the molecule is FC(F)(F)c1cc(-c2cccc(-c3cccc4ccccc34)n2)n[nH]1. The molecule has 0 radical (unpaired) electrons. The Morgan fingerprint density at radius 3 is 2.28 bits per heavy atom. The minimum absolute atomic E-state index is 0.161. The lowest BCUT2D eigenvalue weighted by Crippen LogP contribution is -2.04. The van der Waals surface area contributed by atoms with Gasteiger partial charge >= 0.3 is 6.18 Å². The third kappa shape index (κ3) is 2.87. The molecule has 0 aliphatic rings. The Labute approximate surface area is 141 Å². The number of halogens is 3. The second-order valence-electron chi connectivity index (χ2n) is 5.60. The van der Waals surface area contributed by atoms with Crippen LogP contribution in [0.25, 0.3) is 33.4 Å². The van der Waals surface area contributed by atoms with Gasteiger partial charge in [-0.15, -0.1) is 0 Å². The molecule has 0 fully saturated rings. The van der Waals surface area contributed by atoms with Crippen molar-refractivity contribution in [3.63, 3.8) is 0 Å². The summed E-state index contributed by atoms with van der Waals surface area (Å²) >= 11 is 0. The van der Waals surface area contributed by atoms with E-state index in [1.165, 1.54) is 0 Å². The molecule has 0 saturated heterocycles. The first kappa shape index (κ1) is 15.4.